The molecule has 0 fully saturated rings. The summed E-state index contributed by atoms with van der Waals surface area (Å²) >= 11 is 5.12. The molecule has 22 heavy (non-hydrogen) atoms. The molecule has 2 aromatic carbocycles. The first-order valence-corrected chi connectivity index (χ1v) is 7.00. The molecule has 7 heteroatoms. The van der Waals surface area contributed by atoms with Crippen molar-refractivity contribution >= 4 is 28.7 Å². The number of benzene rings is 2. The van der Waals surface area contributed by atoms with E-state index in [1.165, 1.54) is 18.2 Å². The van der Waals surface area contributed by atoms with Crippen molar-refractivity contribution < 1.29 is 9.31 Å². The number of non-ortho nitro benzene ring substituents is 1. The smallest absolute Gasteiger partial charge is 0.269 e. The maximum Gasteiger partial charge on any atom is 0.269 e. The van der Waals surface area contributed by atoms with Gasteiger partial charge in [0.05, 0.1) is 4.92 Å². The van der Waals surface area contributed by atoms with Gasteiger partial charge in [-0.05, 0) is 42.4 Å². The highest BCUT2D eigenvalue weighted by atomic mass is 32.1. The van der Waals surface area contributed by atoms with E-state index < -0.39 is 4.92 Å². The standard InChI is InChI=1S/C15H14FN3O2S/c16-14-4-2-1-3-11(14)9-10-17-15(22)18-12-5-7-13(8-6-12)19(20)21/h1-8H,9-10H2,(H2,17,18,22). The maximum atomic E-state index is 13.4. The monoisotopic (exact) mass is 319 g/mol. The lowest BCUT2D eigenvalue weighted by Gasteiger charge is -2.10. The molecule has 0 unspecified atom stereocenters. The Kier molecular flexibility index (Phi) is 5.37. The van der Waals surface area contributed by atoms with Gasteiger partial charge in [-0.15, -0.1) is 0 Å². The average Bonchev–Trinajstić information content (AvgIpc) is 2.50. The van der Waals surface area contributed by atoms with E-state index in [0.717, 1.165) is 0 Å². The Balaban J connectivity index is 1.80. The summed E-state index contributed by atoms with van der Waals surface area (Å²) in [7, 11) is 0. The first kappa shape index (κ1) is 15.8. The van der Waals surface area contributed by atoms with Crippen LogP contribution in [0, 0.1) is 15.9 Å². The van der Waals surface area contributed by atoms with E-state index in [1.807, 2.05) is 0 Å². The fourth-order valence-corrected chi connectivity index (χ4v) is 2.07. The highest BCUT2D eigenvalue weighted by Crippen LogP contribution is 2.15. The zero-order valence-electron chi connectivity index (χ0n) is 11.6. The molecule has 2 rings (SSSR count). The van der Waals surface area contributed by atoms with Gasteiger partial charge in [-0.25, -0.2) is 4.39 Å². The number of nitrogens with zero attached hydrogens (tertiary/aromatic N) is 1. The quantitative estimate of drug-likeness (QED) is 0.503. The molecule has 0 amide bonds. The molecule has 0 aromatic heterocycles. The minimum Gasteiger partial charge on any atom is -0.362 e. The van der Waals surface area contributed by atoms with Crippen LogP contribution in [-0.2, 0) is 6.42 Å². The molecule has 0 saturated heterocycles. The van der Waals surface area contributed by atoms with Crippen molar-refractivity contribution in [3.05, 3.63) is 70.0 Å². The molecule has 0 heterocycles. The van der Waals surface area contributed by atoms with Crippen LogP contribution in [-0.4, -0.2) is 16.6 Å². The van der Waals surface area contributed by atoms with E-state index in [-0.39, 0.29) is 11.5 Å². The molecule has 0 radical (unpaired) electrons. The fourth-order valence-electron chi connectivity index (χ4n) is 1.85. The molecule has 0 spiro atoms. The van der Waals surface area contributed by atoms with E-state index >= 15 is 0 Å². The van der Waals surface area contributed by atoms with Crippen molar-refractivity contribution in [2.24, 2.45) is 0 Å². The maximum absolute atomic E-state index is 13.4. The van der Waals surface area contributed by atoms with Gasteiger partial charge in [-0.1, -0.05) is 18.2 Å². The van der Waals surface area contributed by atoms with E-state index in [9.17, 15) is 14.5 Å². The molecule has 0 saturated carbocycles. The van der Waals surface area contributed by atoms with Crippen LogP contribution in [0.1, 0.15) is 5.56 Å². The first-order valence-electron chi connectivity index (χ1n) is 6.59. The predicted octanol–water partition coefficient (Wildman–Crippen LogP) is 3.26. The SMILES string of the molecule is O=[N+]([O-])c1ccc(NC(=S)NCCc2ccccc2F)cc1. The Bertz CT molecular complexity index is 677. The third-order valence-electron chi connectivity index (χ3n) is 2.97. The Morgan fingerprint density at radius 3 is 2.50 bits per heavy atom. The Hall–Kier alpha value is -2.54. The van der Waals surface area contributed by atoms with Gasteiger partial charge in [0.15, 0.2) is 5.11 Å². The Labute approximate surface area is 132 Å². The number of thiocarbonyl (C=S) groups is 1. The summed E-state index contributed by atoms with van der Waals surface area (Å²) in [6, 6.07) is 12.5. The number of anilines is 1. The molecule has 0 atom stereocenters. The second-order valence-corrected chi connectivity index (χ2v) is 4.93. The van der Waals surface area contributed by atoms with E-state index in [2.05, 4.69) is 10.6 Å². The van der Waals surface area contributed by atoms with Crippen molar-refractivity contribution in [3.8, 4) is 0 Å². The molecule has 2 aromatic rings. The van der Waals surface area contributed by atoms with Gasteiger partial charge >= 0.3 is 0 Å². The van der Waals surface area contributed by atoms with Crippen LogP contribution in [0.25, 0.3) is 0 Å². The van der Waals surface area contributed by atoms with Gasteiger partial charge in [-0.3, -0.25) is 10.1 Å². The molecule has 0 bridgehead atoms. The van der Waals surface area contributed by atoms with Crippen LogP contribution >= 0.6 is 12.2 Å². The Morgan fingerprint density at radius 2 is 1.86 bits per heavy atom. The second kappa shape index (κ2) is 7.46. The van der Waals surface area contributed by atoms with Crippen LogP contribution in [0.2, 0.25) is 0 Å². The summed E-state index contributed by atoms with van der Waals surface area (Å²) in [4.78, 5) is 10.1. The number of nitro benzene ring substituents is 1. The van der Waals surface area contributed by atoms with Gasteiger partial charge in [-0.2, -0.15) is 0 Å². The number of hydrogen-bond acceptors (Lipinski definition) is 3. The molecule has 0 aliphatic heterocycles. The van der Waals surface area contributed by atoms with Crippen LogP contribution in [0.5, 0.6) is 0 Å². The topological polar surface area (TPSA) is 67.2 Å². The molecule has 0 aliphatic carbocycles. The second-order valence-electron chi connectivity index (χ2n) is 4.53. The van der Waals surface area contributed by atoms with E-state index in [1.54, 1.807) is 30.3 Å². The molecule has 5 nitrogen and oxygen atoms in total. The highest BCUT2D eigenvalue weighted by Gasteiger charge is 2.05. The summed E-state index contributed by atoms with van der Waals surface area (Å²) in [6.45, 7) is 0.486. The number of rotatable bonds is 5. The zero-order chi connectivity index (χ0) is 15.9. The van der Waals surface area contributed by atoms with Crippen LogP contribution in [0.4, 0.5) is 15.8 Å². The summed E-state index contributed by atoms with van der Waals surface area (Å²) in [6.07, 6.45) is 0.509. The largest absolute Gasteiger partial charge is 0.362 e. The molecule has 0 aliphatic rings. The van der Waals surface area contributed by atoms with Crippen molar-refractivity contribution in [3.63, 3.8) is 0 Å². The highest BCUT2D eigenvalue weighted by molar-refractivity contribution is 7.80. The summed E-state index contributed by atoms with van der Waals surface area (Å²) in [5.41, 5.74) is 1.28. The van der Waals surface area contributed by atoms with Gasteiger partial charge in [0.25, 0.3) is 5.69 Å². The minimum absolute atomic E-state index is 0.0176. The van der Waals surface area contributed by atoms with Crippen LogP contribution in [0.15, 0.2) is 48.5 Å². The molecule has 2 N–H and O–H groups in total. The van der Waals surface area contributed by atoms with E-state index in [0.29, 0.717) is 29.3 Å². The van der Waals surface area contributed by atoms with Gasteiger partial charge < -0.3 is 10.6 Å². The third kappa shape index (κ3) is 4.49. The van der Waals surface area contributed by atoms with Gasteiger partial charge in [0.1, 0.15) is 5.82 Å². The lowest BCUT2D eigenvalue weighted by atomic mass is 10.1. The molecule has 114 valence electrons. The van der Waals surface area contributed by atoms with Crippen LogP contribution < -0.4 is 10.6 Å². The third-order valence-corrected chi connectivity index (χ3v) is 3.22. The van der Waals surface area contributed by atoms with Gasteiger partial charge in [0, 0.05) is 24.4 Å². The number of hydrogen-bond donors (Lipinski definition) is 2. The number of halogens is 1. The predicted molar refractivity (Wildman–Crippen MR) is 87.4 cm³/mol. The van der Waals surface area contributed by atoms with Crippen molar-refractivity contribution in [2.75, 3.05) is 11.9 Å². The van der Waals surface area contributed by atoms with Crippen LogP contribution in [0.3, 0.4) is 0 Å². The zero-order valence-corrected chi connectivity index (χ0v) is 12.4. The lowest BCUT2D eigenvalue weighted by Crippen LogP contribution is -2.30. The Morgan fingerprint density at radius 1 is 1.18 bits per heavy atom. The molecular formula is C15H14FN3O2S. The minimum atomic E-state index is -0.464. The summed E-state index contributed by atoms with van der Waals surface area (Å²) < 4.78 is 13.4. The average molecular weight is 319 g/mol. The number of nitro groups is 1. The summed E-state index contributed by atoms with van der Waals surface area (Å²) in [5.74, 6) is -0.237. The fraction of sp³-hybridized carbons (Fsp3) is 0.133. The summed E-state index contributed by atoms with van der Waals surface area (Å²) in [5, 5.41) is 16.8. The molecular weight excluding hydrogens is 305 g/mol. The van der Waals surface area contributed by atoms with Crippen molar-refractivity contribution in [2.45, 2.75) is 6.42 Å². The lowest BCUT2D eigenvalue weighted by molar-refractivity contribution is -0.384. The van der Waals surface area contributed by atoms with Crippen molar-refractivity contribution in [1.29, 1.82) is 0 Å². The van der Waals surface area contributed by atoms with E-state index in [4.69, 9.17) is 12.2 Å². The normalized spacial score (nSPS) is 10.0. The van der Waals surface area contributed by atoms with Gasteiger partial charge in [0.2, 0.25) is 0 Å². The van der Waals surface area contributed by atoms with Crippen molar-refractivity contribution in [1.82, 2.24) is 5.32 Å². The first-order chi connectivity index (χ1) is 10.6. The number of nitrogens with one attached hydrogen (secondary N) is 2.